The number of nitrogens with zero attached hydrogens (tertiary/aromatic N) is 2. The lowest BCUT2D eigenvalue weighted by Crippen LogP contribution is -2.19. The highest BCUT2D eigenvalue weighted by molar-refractivity contribution is 5.99. The predicted octanol–water partition coefficient (Wildman–Crippen LogP) is 5.00. The number of hydrogen-bond acceptors (Lipinski definition) is 6. The van der Waals surface area contributed by atoms with Crippen LogP contribution in [0.25, 0.3) is 0 Å². The Bertz CT molecular complexity index is 1020. The fraction of sp³-hybridized carbons (Fsp3) is 0.292. The van der Waals surface area contributed by atoms with Gasteiger partial charge in [-0.3, -0.25) is 0 Å². The molecule has 1 aromatic heterocycles. The van der Waals surface area contributed by atoms with Gasteiger partial charge in [-0.05, 0) is 53.8 Å². The first-order chi connectivity index (χ1) is 15.3. The molecular formula is C24H29N5O3. The van der Waals surface area contributed by atoms with Gasteiger partial charge in [-0.15, -0.1) is 0 Å². The van der Waals surface area contributed by atoms with Crippen LogP contribution >= 0.6 is 0 Å². The van der Waals surface area contributed by atoms with E-state index in [1.807, 2.05) is 24.3 Å². The van der Waals surface area contributed by atoms with Crippen molar-refractivity contribution in [3.8, 4) is 11.6 Å². The van der Waals surface area contributed by atoms with Crippen molar-refractivity contribution in [3.05, 3.63) is 66.4 Å². The number of hydrogen-bond donors (Lipinski definition) is 4. The molecule has 0 aliphatic carbocycles. The van der Waals surface area contributed by atoms with Gasteiger partial charge in [0.15, 0.2) is 0 Å². The maximum atomic E-state index is 12.3. The normalized spacial score (nSPS) is 11.0. The van der Waals surface area contributed by atoms with E-state index in [2.05, 4.69) is 46.7 Å². The molecule has 8 heteroatoms. The number of aromatic nitrogens is 2. The number of aliphatic hydroxyl groups is 1. The molecule has 8 nitrogen and oxygen atoms in total. The van der Waals surface area contributed by atoms with E-state index in [0.717, 1.165) is 5.69 Å². The first-order valence-electron chi connectivity index (χ1n) is 10.5. The molecule has 0 bridgehead atoms. The van der Waals surface area contributed by atoms with Crippen LogP contribution in [0.4, 0.5) is 22.1 Å². The van der Waals surface area contributed by atoms with Crippen LogP contribution < -0.4 is 20.7 Å². The lowest BCUT2D eigenvalue weighted by molar-refractivity contribution is 0.262. The van der Waals surface area contributed by atoms with Crippen molar-refractivity contribution in [2.45, 2.75) is 32.6 Å². The first-order valence-corrected chi connectivity index (χ1v) is 10.5. The van der Waals surface area contributed by atoms with E-state index in [1.165, 1.54) is 5.56 Å². The molecule has 0 saturated heterocycles. The molecule has 0 aliphatic heterocycles. The molecule has 4 N–H and O–H groups in total. The molecule has 0 atom stereocenters. The summed E-state index contributed by atoms with van der Waals surface area (Å²) in [5.74, 6) is 1.40. The number of nitrogens with one attached hydrogen (secondary N) is 3. The van der Waals surface area contributed by atoms with Gasteiger partial charge >= 0.3 is 6.03 Å². The number of carbonyl (C=O) groups is 1. The van der Waals surface area contributed by atoms with Crippen molar-refractivity contribution < 1.29 is 14.6 Å². The molecule has 0 radical (unpaired) electrons. The van der Waals surface area contributed by atoms with E-state index in [-0.39, 0.29) is 18.1 Å². The monoisotopic (exact) mass is 435 g/mol. The van der Waals surface area contributed by atoms with Crippen molar-refractivity contribution in [2.24, 2.45) is 0 Å². The van der Waals surface area contributed by atoms with E-state index < -0.39 is 0 Å². The van der Waals surface area contributed by atoms with Crippen LogP contribution in [0.5, 0.6) is 11.6 Å². The molecule has 0 spiro atoms. The number of anilines is 3. The summed E-state index contributed by atoms with van der Waals surface area (Å²) in [6, 6.07) is 16.1. The molecule has 2 aromatic carbocycles. The van der Waals surface area contributed by atoms with Gasteiger partial charge in [0.05, 0.1) is 0 Å². The molecule has 3 rings (SSSR count). The second-order valence-corrected chi connectivity index (χ2v) is 8.26. The third-order valence-electron chi connectivity index (χ3n) is 4.59. The Kier molecular flexibility index (Phi) is 7.62. The third kappa shape index (κ3) is 6.95. The summed E-state index contributed by atoms with van der Waals surface area (Å²) in [4.78, 5) is 20.7. The van der Waals surface area contributed by atoms with E-state index in [1.54, 1.807) is 36.5 Å². The summed E-state index contributed by atoms with van der Waals surface area (Å²) in [6.07, 6.45) is 2.20. The number of ether oxygens (including phenoxy) is 1. The van der Waals surface area contributed by atoms with Crippen molar-refractivity contribution in [2.75, 3.05) is 29.1 Å². The average Bonchev–Trinajstić information content (AvgIpc) is 2.75. The standard InChI is InChI=1S/C24H29N5O3/c1-24(2,3)17-5-7-18(8-6-17)27-23(31)28-19-9-11-20(12-10-19)32-21-13-15-26-22(29-21)25-14-4-16-30/h5-13,15,30H,4,14,16H2,1-3H3,(H,25,26,29)(H2,27,28,31). The molecule has 0 fully saturated rings. The van der Waals surface area contributed by atoms with Crippen LogP contribution in [0, 0.1) is 0 Å². The molecule has 168 valence electrons. The number of aliphatic hydroxyl groups excluding tert-OH is 1. The summed E-state index contributed by atoms with van der Waals surface area (Å²) in [6.45, 7) is 7.12. The molecule has 1 heterocycles. The molecule has 0 unspecified atom stereocenters. The lowest BCUT2D eigenvalue weighted by Gasteiger charge is -2.19. The second kappa shape index (κ2) is 10.6. The first kappa shape index (κ1) is 23.0. The topological polar surface area (TPSA) is 108 Å². The van der Waals surface area contributed by atoms with Crippen LogP contribution in [-0.2, 0) is 5.41 Å². The van der Waals surface area contributed by atoms with Crippen molar-refractivity contribution in [3.63, 3.8) is 0 Å². The van der Waals surface area contributed by atoms with E-state index in [9.17, 15) is 4.79 Å². The number of benzene rings is 2. The summed E-state index contributed by atoms with van der Waals surface area (Å²) in [5, 5.41) is 17.5. The highest BCUT2D eigenvalue weighted by Crippen LogP contribution is 2.24. The Morgan fingerprint density at radius 3 is 2.19 bits per heavy atom. The highest BCUT2D eigenvalue weighted by atomic mass is 16.5. The van der Waals surface area contributed by atoms with Crippen LogP contribution in [0.15, 0.2) is 60.8 Å². The molecule has 0 aliphatic rings. The number of urea groups is 1. The van der Waals surface area contributed by atoms with Crippen LogP contribution in [0.3, 0.4) is 0 Å². The highest BCUT2D eigenvalue weighted by Gasteiger charge is 2.13. The summed E-state index contributed by atoms with van der Waals surface area (Å²) < 4.78 is 5.75. The Morgan fingerprint density at radius 1 is 0.969 bits per heavy atom. The van der Waals surface area contributed by atoms with Gasteiger partial charge in [-0.25, -0.2) is 9.78 Å². The smallest absolute Gasteiger partial charge is 0.323 e. The molecular weight excluding hydrogens is 406 g/mol. The predicted molar refractivity (Wildman–Crippen MR) is 127 cm³/mol. The van der Waals surface area contributed by atoms with Crippen LogP contribution in [0.1, 0.15) is 32.8 Å². The van der Waals surface area contributed by atoms with Crippen molar-refractivity contribution in [1.29, 1.82) is 0 Å². The fourth-order valence-corrected chi connectivity index (χ4v) is 2.84. The van der Waals surface area contributed by atoms with Gasteiger partial charge in [0.25, 0.3) is 0 Å². The minimum atomic E-state index is -0.323. The second-order valence-electron chi connectivity index (χ2n) is 8.26. The molecule has 3 aromatic rings. The zero-order valence-electron chi connectivity index (χ0n) is 18.6. The lowest BCUT2D eigenvalue weighted by atomic mass is 9.87. The van der Waals surface area contributed by atoms with Gasteiger partial charge in [-0.2, -0.15) is 4.98 Å². The zero-order valence-corrected chi connectivity index (χ0v) is 18.6. The largest absolute Gasteiger partial charge is 0.439 e. The van der Waals surface area contributed by atoms with Gasteiger partial charge in [0.2, 0.25) is 11.8 Å². The van der Waals surface area contributed by atoms with Crippen LogP contribution in [0.2, 0.25) is 0 Å². The molecule has 32 heavy (non-hydrogen) atoms. The zero-order chi connectivity index (χ0) is 23.0. The maximum Gasteiger partial charge on any atom is 0.323 e. The van der Waals surface area contributed by atoms with Gasteiger partial charge in [0.1, 0.15) is 5.75 Å². The number of rotatable bonds is 8. The van der Waals surface area contributed by atoms with Gasteiger partial charge < -0.3 is 25.8 Å². The number of amides is 2. The number of carbonyl (C=O) groups excluding carboxylic acids is 1. The SMILES string of the molecule is CC(C)(C)c1ccc(NC(=O)Nc2ccc(Oc3ccnc(NCCCO)n3)cc2)cc1. The van der Waals surface area contributed by atoms with Crippen molar-refractivity contribution >= 4 is 23.4 Å². The Balaban J connectivity index is 1.53. The van der Waals surface area contributed by atoms with E-state index >= 15 is 0 Å². The molecule has 0 saturated carbocycles. The Morgan fingerprint density at radius 2 is 1.59 bits per heavy atom. The average molecular weight is 436 g/mol. The minimum absolute atomic E-state index is 0.0639. The van der Waals surface area contributed by atoms with Gasteiger partial charge in [-0.1, -0.05) is 32.9 Å². The van der Waals surface area contributed by atoms with E-state index in [4.69, 9.17) is 9.84 Å². The maximum absolute atomic E-state index is 12.3. The fourth-order valence-electron chi connectivity index (χ4n) is 2.84. The van der Waals surface area contributed by atoms with Crippen LogP contribution in [-0.4, -0.2) is 34.3 Å². The third-order valence-corrected chi connectivity index (χ3v) is 4.59. The summed E-state index contributed by atoms with van der Waals surface area (Å²) in [5.41, 5.74) is 2.63. The van der Waals surface area contributed by atoms with E-state index in [0.29, 0.717) is 36.2 Å². The quantitative estimate of drug-likeness (QED) is 0.371. The summed E-state index contributed by atoms with van der Waals surface area (Å²) in [7, 11) is 0. The van der Waals surface area contributed by atoms with Gasteiger partial charge in [0, 0.05) is 36.8 Å². The Labute approximate surface area is 188 Å². The Hall–Kier alpha value is -3.65. The van der Waals surface area contributed by atoms with Crippen molar-refractivity contribution in [1.82, 2.24) is 9.97 Å². The summed E-state index contributed by atoms with van der Waals surface area (Å²) >= 11 is 0. The minimum Gasteiger partial charge on any atom is -0.439 e. The molecule has 2 amide bonds.